The van der Waals surface area contributed by atoms with E-state index in [9.17, 15) is 0 Å². The van der Waals surface area contributed by atoms with Crippen LogP contribution in [0.15, 0.2) is 12.3 Å². The Balaban J connectivity index is 2.03. The predicted octanol–water partition coefficient (Wildman–Crippen LogP) is 1.04. The number of pyridine rings is 1. The van der Waals surface area contributed by atoms with E-state index in [0.29, 0.717) is 10.7 Å². The molecule has 108 valence electrons. The summed E-state index contributed by atoms with van der Waals surface area (Å²) in [7, 11) is 0. The zero-order valence-electron chi connectivity index (χ0n) is 11.5. The third kappa shape index (κ3) is 2.00. The van der Waals surface area contributed by atoms with Crippen LogP contribution in [-0.2, 0) is 0 Å². The van der Waals surface area contributed by atoms with Gasteiger partial charge in [0.2, 0.25) is 5.65 Å². The van der Waals surface area contributed by atoms with Gasteiger partial charge in [-0.3, -0.25) is 4.40 Å². The van der Waals surface area contributed by atoms with E-state index < -0.39 is 0 Å². The summed E-state index contributed by atoms with van der Waals surface area (Å²) in [4.78, 5) is 11.2. The Kier molecular flexibility index (Phi) is 2.90. The number of hydrogen-bond donors (Lipinski definition) is 1. The van der Waals surface area contributed by atoms with Crippen molar-refractivity contribution in [1.82, 2.24) is 29.9 Å². The quantitative estimate of drug-likeness (QED) is 0.724. The minimum absolute atomic E-state index is 0.577. The molecule has 0 atom stereocenters. The van der Waals surface area contributed by atoms with Crippen LogP contribution in [0.2, 0.25) is 5.02 Å². The van der Waals surface area contributed by atoms with Crippen molar-refractivity contribution in [2.75, 3.05) is 31.1 Å². The number of nitrogens with zero attached hydrogens (tertiary/aromatic N) is 6. The number of rotatable bonds is 1. The van der Waals surface area contributed by atoms with Crippen molar-refractivity contribution < 1.29 is 0 Å². The number of aromatic nitrogens is 5. The monoisotopic (exact) mass is 303 g/mol. The van der Waals surface area contributed by atoms with E-state index in [-0.39, 0.29) is 0 Å². The summed E-state index contributed by atoms with van der Waals surface area (Å²) in [6.45, 7) is 5.59. The second-order valence-corrected chi connectivity index (χ2v) is 5.51. The van der Waals surface area contributed by atoms with Crippen molar-refractivity contribution in [3.8, 4) is 0 Å². The molecule has 0 aromatic carbocycles. The van der Waals surface area contributed by atoms with Crippen LogP contribution in [0.1, 0.15) is 5.82 Å². The van der Waals surface area contributed by atoms with Gasteiger partial charge < -0.3 is 10.2 Å². The maximum Gasteiger partial charge on any atom is 0.204 e. The molecule has 0 saturated carbocycles. The van der Waals surface area contributed by atoms with Crippen molar-refractivity contribution in [3.63, 3.8) is 0 Å². The lowest BCUT2D eigenvalue weighted by atomic mass is 10.3. The third-order valence-corrected chi connectivity index (χ3v) is 3.91. The van der Waals surface area contributed by atoms with Gasteiger partial charge in [-0.25, -0.2) is 9.97 Å². The van der Waals surface area contributed by atoms with Gasteiger partial charge in [0.15, 0.2) is 11.5 Å². The van der Waals surface area contributed by atoms with Crippen LogP contribution in [0.4, 0.5) is 5.82 Å². The van der Waals surface area contributed by atoms with E-state index in [0.717, 1.165) is 49.0 Å². The summed E-state index contributed by atoms with van der Waals surface area (Å²) in [5.41, 5.74) is 2.24. The van der Waals surface area contributed by atoms with Gasteiger partial charge in [0.1, 0.15) is 5.82 Å². The van der Waals surface area contributed by atoms with Crippen LogP contribution in [0.25, 0.3) is 16.8 Å². The summed E-state index contributed by atoms with van der Waals surface area (Å²) in [6.07, 6.45) is 1.62. The summed E-state index contributed by atoms with van der Waals surface area (Å²) < 4.78 is 1.97. The fraction of sp³-hybridized carbons (Fsp3) is 0.385. The molecule has 3 aromatic rings. The number of aryl methyl sites for hydroxylation is 1. The fourth-order valence-corrected chi connectivity index (χ4v) is 2.86. The predicted molar refractivity (Wildman–Crippen MR) is 80.9 cm³/mol. The molecular formula is C13H14ClN7. The van der Waals surface area contributed by atoms with Gasteiger partial charge >= 0.3 is 0 Å². The minimum Gasteiger partial charge on any atom is -0.351 e. The number of anilines is 1. The van der Waals surface area contributed by atoms with E-state index in [1.165, 1.54) is 0 Å². The van der Waals surface area contributed by atoms with Gasteiger partial charge in [-0.05, 0) is 13.0 Å². The largest absolute Gasteiger partial charge is 0.351 e. The highest BCUT2D eigenvalue weighted by atomic mass is 35.5. The highest BCUT2D eigenvalue weighted by Gasteiger charge is 2.20. The highest BCUT2D eigenvalue weighted by molar-refractivity contribution is 6.31. The van der Waals surface area contributed by atoms with Crippen molar-refractivity contribution in [2.24, 2.45) is 0 Å². The van der Waals surface area contributed by atoms with Gasteiger partial charge in [-0.2, -0.15) is 0 Å². The van der Waals surface area contributed by atoms with Crippen molar-refractivity contribution in [1.29, 1.82) is 0 Å². The molecule has 1 saturated heterocycles. The zero-order chi connectivity index (χ0) is 14.4. The number of hydrogen-bond acceptors (Lipinski definition) is 6. The molecule has 0 bridgehead atoms. The number of nitrogens with one attached hydrogen (secondary N) is 1. The average molecular weight is 304 g/mol. The van der Waals surface area contributed by atoms with Gasteiger partial charge in [0, 0.05) is 32.4 Å². The molecule has 21 heavy (non-hydrogen) atoms. The molecule has 0 amide bonds. The number of fused-ring (bicyclic) bond motifs is 3. The van der Waals surface area contributed by atoms with E-state index in [1.54, 1.807) is 6.20 Å². The van der Waals surface area contributed by atoms with Crippen LogP contribution in [0.5, 0.6) is 0 Å². The second-order valence-electron chi connectivity index (χ2n) is 5.07. The molecule has 0 radical (unpaired) electrons. The molecule has 1 fully saturated rings. The fourth-order valence-electron chi connectivity index (χ4n) is 2.71. The first kappa shape index (κ1) is 12.7. The summed E-state index contributed by atoms with van der Waals surface area (Å²) in [5, 5.41) is 12.4. The molecule has 1 aliphatic heterocycles. The van der Waals surface area contributed by atoms with Crippen molar-refractivity contribution in [2.45, 2.75) is 6.92 Å². The third-order valence-electron chi connectivity index (χ3n) is 3.71. The molecule has 3 aromatic heterocycles. The topological polar surface area (TPSA) is 71.2 Å². The Bertz CT molecular complexity index is 822. The first-order chi connectivity index (χ1) is 10.2. The summed E-state index contributed by atoms with van der Waals surface area (Å²) >= 11 is 6.06. The number of halogens is 1. The van der Waals surface area contributed by atoms with Crippen molar-refractivity contribution >= 4 is 34.2 Å². The van der Waals surface area contributed by atoms with E-state index in [1.807, 2.05) is 17.4 Å². The van der Waals surface area contributed by atoms with Gasteiger partial charge in [0.05, 0.1) is 10.5 Å². The smallest absolute Gasteiger partial charge is 0.204 e. The van der Waals surface area contributed by atoms with Crippen LogP contribution < -0.4 is 10.2 Å². The summed E-state index contributed by atoms with van der Waals surface area (Å²) in [5.74, 6) is 1.64. The van der Waals surface area contributed by atoms with Crippen LogP contribution in [-0.4, -0.2) is 50.7 Å². The first-order valence-corrected chi connectivity index (χ1v) is 7.24. The molecule has 1 aliphatic rings. The van der Waals surface area contributed by atoms with E-state index >= 15 is 0 Å². The Hall–Kier alpha value is -1.99. The lowest BCUT2D eigenvalue weighted by Crippen LogP contribution is -2.44. The standard InChI is InChI=1S/C13H14ClN7/c1-8-18-19-13-12(20-4-2-15-3-5-20)17-11-10(21(8)13)6-9(14)7-16-11/h6-7,15H,2-5H2,1H3. The highest BCUT2D eigenvalue weighted by Crippen LogP contribution is 2.25. The average Bonchev–Trinajstić information content (AvgIpc) is 2.90. The normalized spacial score (nSPS) is 16.0. The lowest BCUT2D eigenvalue weighted by molar-refractivity contribution is 0.586. The SMILES string of the molecule is Cc1nnc2c(N3CCNCC3)nc3ncc(Cl)cc3n12. The Labute approximate surface area is 126 Å². The first-order valence-electron chi connectivity index (χ1n) is 6.87. The second kappa shape index (κ2) is 4.78. The van der Waals surface area contributed by atoms with Gasteiger partial charge in [-0.1, -0.05) is 11.6 Å². The molecule has 4 heterocycles. The van der Waals surface area contributed by atoms with E-state index in [4.69, 9.17) is 11.6 Å². The van der Waals surface area contributed by atoms with Crippen LogP contribution >= 0.6 is 11.6 Å². The molecule has 7 nitrogen and oxygen atoms in total. The Morgan fingerprint density at radius 1 is 1.24 bits per heavy atom. The minimum atomic E-state index is 0.577. The molecular weight excluding hydrogens is 290 g/mol. The zero-order valence-corrected chi connectivity index (χ0v) is 12.3. The van der Waals surface area contributed by atoms with E-state index in [2.05, 4.69) is 30.4 Å². The Morgan fingerprint density at radius 3 is 2.86 bits per heavy atom. The van der Waals surface area contributed by atoms with Gasteiger partial charge in [-0.15, -0.1) is 10.2 Å². The molecule has 0 unspecified atom stereocenters. The van der Waals surface area contributed by atoms with Gasteiger partial charge in [0.25, 0.3) is 0 Å². The number of piperazine rings is 1. The lowest BCUT2D eigenvalue weighted by Gasteiger charge is -2.28. The maximum atomic E-state index is 6.06. The molecule has 8 heteroatoms. The molecule has 0 spiro atoms. The van der Waals surface area contributed by atoms with Crippen LogP contribution in [0.3, 0.4) is 0 Å². The molecule has 4 rings (SSSR count). The maximum absolute atomic E-state index is 6.06. The van der Waals surface area contributed by atoms with Crippen LogP contribution in [0, 0.1) is 6.92 Å². The Morgan fingerprint density at radius 2 is 2.05 bits per heavy atom. The summed E-state index contributed by atoms with van der Waals surface area (Å²) in [6, 6.07) is 1.85. The molecule has 0 aliphatic carbocycles. The molecule has 1 N–H and O–H groups in total. The van der Waals surface area contributed by atoms with Crippen molar-refractivity contribution in [3.05, 3.63) is 23.1 Å².